The second-order valence-corrected chi connectivity index (χ2v) is 10.2. The van der Waals surface area contributed by atoms with Crippen molar-refractivity contribution < 1.29 is 50.8 Å². The number of hydrogen-bond acceptors (Lipinski definition) is 10. The summed E-state index contributed by atoms with van der Waals surface area (Å²) < 4.78 is 66.5. The third-order valence-electron chi connectivity index (χ3n) is 4.79. The van der Waals surface area contributed by atoms with Crippen LogP contribution in [0.15, 0.2) is 50.4 Å². The highest BCUT2D eigenvalue weighted by molar-refractivity contribution is 7.86. The van der Waals surface area contributed by atoms with Gasteiger partial charge < -0.3 is 20.6 Å². The van der Waals surface area contributed by atoms with Gasteiger partial charge in [-0.3, -0.25) is 13.9 Å². The fourth-order valence-corrected chi connectivity index (χ4v) is 4.48. The van der Waals surface area contributed by atoms with Crippen molar-refractivity contribution >= 4 is 59.9 Å². The number of aromatic hydroxyl groups is 2. The van der Waals surface area contributed by atoms with Crippen molar-refractivity contribution in [3.8, 4) is 11.5 Å². The molecule has 6 N–H and O–H groups in total. The van der Waals surface area contributed by atoms with E-state index in [9.17, 15) is 50.8 Å². The molecule has 0 heterocycles. The minimum Gasteiger partial charge on any atom is -0.507 e. The molecule has 0 saturated carbocycles. The second-order valence-electron chi connectivity index (χ2n) is 7.44. The molecule has 1 amide bonds. The first-order valence-electron chi connectivity index (χ1n) is 9.55. The number of phenols is 2. The Morgan fingerprint density at radius 2 is 1.53 bits per heavy atom. The predicted octanol–water partition coefficient (Wildman–Crippen LogP) is 3.12. The summed E-state index contributed by atoms with van der Waals surface area (Å²) in [5.41, 5.74) is -1.80. The number of aryl methyl sites for hydroxylation is 1. The van der Waals surface area contributed by atoms with E-state index in [2.05, 4.69) is 15.5 Å². The van der Waals surface area contributed by atoms with Gasteiger partial charge in [0, 0.05) is 12.3 Å². The molecule has 0 unspecified atom stereocenters. The van der Waals surface area contributed by atoms with Crippen molar-refractivity contribution in [1.82, 2.24) is 0 Å². The lowest BCUT2D eigenvalue weighted by Crippen LogP contribution is -2.08. The minimum atomic E-state index is -5.12. The maximum atomic E-state index is 12.0. The summed E-state index contributed by atoms with van der Waals surface area (Å²) in [6.45, 7) is 2.42. The number of benzene rings is 3. The number of hydrogen-bond donors (Lipinski definition) is 6. The number of anilines is 1. The van der Waals surface area contributed by atoms with E-state index in [1.807, 2.05) is 0 Å². The second kappa shape index (κ2) is 9.15. The zero-order valence-electron chi connectivity index (χ0n) is 18.3. The third-order valence-corrected chi connectivity index (χ3v) is 6.49. The highest BCUT2D eigenvalue weighted by Crippen LogP contribution is 2.45. The molecule has 0 bridgehead atoms. The van der Waals surface area contributed by atoms with Crippen LogP contribution in [0.3, 0.4) is 0 Å². The van der Waals surface area contributed by atoms with Gasteiger partial charge in [-0.2, -0.15) is 21.9 Å². The molecule has 0 spiro atoms. The van der Waals surface area contributed by atoms with Gasteiger partial charge in [0.25, 0.3) is 20.2 Å². The SMILES string of the molecule is CC(=O)Nc1cc(S(=O)(=O)O)cc2cc(S(=O)(=O)O)c(N=Nc3cc(C)c(O)c(C(=O)O)c3)c(O)c12. The summed E-state index contributed by atoms with van der Waals surface area (Å²) in [6.07, 6.45) is 0. The number of carboxylic acids is 1. The number of aromatic carboxylic acids is 1. The van der Waals surface area contributed by atoms with Crippen molar-refractivity contribution in [2.75, 3.05) is 5.32 Å². The van der Waals surface area contributed by atoms with Gasteiger partial charge in [0.2, 0.25) is 5.91 Å². The van der Waals surface area contributed by atoms with Crippen molar-refractivity contribution in [1.29, 1.82) is 0 Å². The summed E-state index contributed by atoms with van der Waals surface area (Å²) in [7, 11) is -9.96. The number of nitrogens with zero attached hydrogens (tertiary/aromatic N) is 2. The topological polar surface area (TPSA) is 240 Å². The van der Waals surface area contributed by atoms with E-state index in [4.69, 9.17) is 0 Å². The molecule has 0 fully saturated rings. The molecule has 0 aliphatic heterocycles. The van der Waals surface area contributed by atoms with Gasteiger partial charge in [0.05, 0.1) is 16.3 Å². The van der Waals surface area contributed by atoms with Crippen molar-refractivity contribution in [3.63, 3.8) is 0 Å². The average molecular weight is 540 g/mol. The first-order chi connectivity index (χ1) is 16.5. The Morgan fingerprint density at radius 3 is 2.06 bits per heavy atom. The largest absolute Gasteiger partial charge is 0.507 e. The molecule has 14 nitrogen and oxygen atoms in total. The van der Waals surface area contributed by atoms with Gasteiger partial charge >= 0.3 is 5.97 Å². The Balaban J connectivity index is 2.39. The molecule has 0 atom stereocenters. The van der Waals surface area contributed by atoms with E-state index in [1.165, 1.54) is 13.0 Å². The molecule has 0 aliphatic carbocycles. The van der Waals surface area contributed by atoms with Gasteiger partial charge in [-0.1, -0.05) is 0 Å². The number of nitrogens with one attached hydrogen (secondary N) is 1. The minimum absolute atomic E-state index is 0.0901. The molecule has 3 rings (SSSR count). The number of phenolic OH excluding ortho intramolecular Hbond substituents is 1. The van der Waals surface area contributed by atoms with Crippen LogP contribution in [-0.4, -0.2) is 53.1 Å². The molecule has 0 saturated heterocycles. The number of carbonyl (C=O) groups is 2. The lowest BCUT2D eigenvalue weighted by Gasteiger charge is -2.14. The van der Waals surface area contributed by atoms with E-state index in [0.29, 0.717) is 0 Å². The van der Waals surface area contributed by atoms with Crippen LogP contribution in [-0.2, 0) is 25.0 Å². The van der Waals surface area contributed by atoms with Gasteiger partial charge in [0.1, 0.15) is 21.9 Å². The van der Waals surface area contributed by atoms with E-state index < -0.39 is 64.7 Å². The molecular weight excluding hydrogens is 522 g/mol. The first kappa shape index (κ1) is 26.5. The molecule has 0 aliphatic rings. The summed E-state index contributed by atoms with van der Waals surface area (Å²) in [5.74, 6) is -3.70. The van der Waals surface area contributed by atoms with Crippen molar-refractivity contribution in [2.24, 2.45) is 10.2 Å². The quantitative estimate of drug-likeness (QED) is 0.196. The van der Waals surface area contributed by atoms with E-state index in [1.54, 1.807) is 0 Å². The first-order valence-corrected chi connectivity index (χ1v) is 12.4. The third kappa shape index (κ3) is 5.25. The molecule has 3 aromatic rings. The van der Waals surface area contributed by atoms with Crippen molar-refractivity contribution in [2.45, 2.75) is 23.6 Å². The van der Waals surface area contributed by atoms with Crippen LogP contribution in [0.4, 0.5) is 17.1 Å². The molecule has 16 heteroatoms. The predicted molar refractivity (Wildman–Crippen MR) is 124 cm³/mol. The summed E-state index contributed by atoms with van der Waals surface area (Å²) in [6, 6.07) is 4.44. The van der Waals surface area contributed by atoms with E-state index in [0.717, 1.165) is 31.2 Å². The number of carboxylic acid groups (broad SMARTS) is 1. The van der Waals surface area contributed by atoms with Crippen molar-refractivity contribution in [3.05, 3.63) is 41.5 Å². The van der Waals surface area contributed by atoms with Gasteiger partial charge in [-0.15, -0.1) is 5.11 Å². The van der Waals surface area contributed by atoms with E-state index in [-0.39, 0.29) is 27.7 Å². The fraction of sp³-hybridized carbons (Fsp3) is 0.100. The van der Waals surface area contributed by atoms with Gasteiger partial charge in [-0.25, -0.2) is 4.79 Å². The Kier molecular flexibility index (Phi) is 6.73. The molecule has 190 valence electrons. The average Bonchev–Trinajstić information content (AvgIpc) is 2.72. The van der Waals surface area contributed by atoms with Crippen LogP contribution in [0.2, 0.25) is 0 Å². The number of azo groups is 1. The van der Waals surface area contributed by atoms with E-state index >= 15 is 0 Å². The fourth-order valence-electron chi connectivity index (χ4n) is 3.28. The number of carbonyl (C=O) groups excluding carboxylic acids is 1. The highest BCUT2D eigenvalue weighted by atomic mass is 32.2. The molecular formula is C20H17N3O11S2. The number of fused-ring (bicyclic) bond motifs is 1. The zero-order chi connectivity index (χ0) is 27.2. The van der Waals surface area contributed by atoms with Crippen LogP contribution in [0.5, 0.6) is 11.5 Å². The van der Waals surface area contributed by atoms with Crippen LogP contribution in [0.1, 0.15) is 22.8 Å². The molecule has 36 heavy (non-hydrogen) atoms. The molecule has 3 aromatic carbocycles. The molecule has 0 radical (unpaired) electrons. The Bertz CT molecular complexity index is 1700. The Hall–Kier alpha value is -4.12. The standard InChI is InChI=1S/C20H17N3O11S2/c1-8-3-11(6-13(18(8)25)20(27)28)22-23-17-15(36(32,33)34)5-10-4-12(35(29,30)31)7-14(21-9(2)24)16(10)19(17)26/h3-7,25-26H,1-2H3,(H,21,24)(H,27,28)(H,29,30,31)(H,32,33,34). The Morgan fingerprint density at radius 1 is 0.889 bits per heavy atom. The van der Waals surface area contributed by atoms with Crippen LogP contribution in [0.25, 0.3) is 10.8 Å². The normalized spacial score (nSPS) is 12.2. The number of amides is 1. The monoisotopic (exact) mass is 539 g/mol. The summed E-state index contributed by atoms with van der Waals surface area (Å²) >= 11 is 0. The lowest BCUT2D eigenvalue weighted by molar-refractivity contribution is -0.114. The van der Waals surface area contributed by atoms with Gasteiger partial charge in [0.15, 0.2) is 5.75 Å². The number of rotatable bonds is 6. The maximum Gasteiger partial charge on any atom is 0.339 e. The van der Waals surface area contributed by atoms with Crippen LogP contribution >= 0.6 is 0 Å². The van der Waals surface area contributed by atoms with Crippen LogP contribution in [0, 0.1) is 6.92 Å². The zero-order valence-corrected chi connectivity index (χ0v) is 19.9. The Labute approximate surface area is 203 Å². The summed E-state index contributed by atoms with van der Waals surface area (Å²) in [4.78, 5) is 21.2. The lowest BCUT2D eigenvalue weighted by atomic mass is 10.1. The highest BCUT2D eigenvalue weighted by Gasteiger charge is 2.26. The smallest absolute Gasteiger partial charge is 0.339 e. The van der Waals surface area contributed by atoms with Crippen LogP contribution < -0.4 is 5.32 Å². The summed E-state index contributed by atoms with van der Waals surface area (Å²) in [5, 5.41) is 38.9. The maximum absolute atomic E-state index is 12.0. The van der Waals surface area contributed by atoms with Gasteiger partial charge in [-0.05, 0) is 48.2 Å². The molecule has 0 aromatic heterocycles.